The quantitative estimate of drug-likeness (QED) is 0.530. The van der Waals surface area contributed by atoms with Crippen LogP contribution in [0.25, 0.3) is 10.9 Å². The van der Waals surface area contributed by atoms with E-state index in [9.17, 15) is 4.79 Å². The molecule has 1 aromatic carbocycles. The zero-order valence-electron chi connectivity index (χ0n) is 11.9. The van der Waals surface area contributed by atoms with Crippen molar-refractivity contribution in [3.8, 4) is 0 Å². The van der Waals surface area contributed by atoms with Crippen LogP contribution in [0.1, 0.15) is 10.4 Å². The third kappa shape index (κ3) is 3.32. The summed E-state index contributed by atoms with van der Waals surface area (Å²) in [5.41, 5.74) is 1.17. The molecule has 7 heteroatoms. The minimum atomic E-state index is -0.384. The molecular weight excluding hydrogens is 284 g/mol. The van der Waals surface area contributed by atoms with Gasteiger partial charge >= 0.3 is 5.97 Å². The number of para-hydroxylation sites is 1. The summed E-state index contributed by atoms with van der Waals surface area (Å²) in [5, 5.41) is 11.7. The van der Waals surface area contributed by atoms with Gasteiger partial charge in [-0.25, -0.2) is 4.79 Å². The van der Waals surface area contributed by atoms with Crippen molar-refractivity contribution >= 4 is 16.9 Å². The number of nitrogens with zero attached hydrogens (tertiary/aromatic N) is 3. The summed E-state index contributed by atoms with van der Waals surface area (Å²) in [6.07, 6.45) is 5.26. The topological polar surface area (TPSA) is 82.0 Å². The van der Waals surface area contributed by atoms with Gasteiger partial charge < -0.3 is 9.47 Å². The second kappa shape index (κ2) is 6.86. The fourth-order valence-corrected chi connectivity index (χ4v) is 2.10. The molecule has 0 unspecified atom stereocenters. The Kier molecular flexibility index (Phi) is 4.45. The average Bonchev–Trinajstić information content (AvgIpc) is 3.20. The lowest BCUT2D eigenvalue weighted by Crippen LogP contribution is -2.13. The molecule has 3 rings (SSSR count). The van der Waals surface area contributed by atoms with E-state index in [0.29, 0.717) is 30.8 Å². The number of rotatable bonds is 7. The third-order valence-corrected chi connectivity index (χ3v) is 3.18. The summed E-state index contributed by atoms with van der Waals surface area (Å²) < 4.78 is 12.4. The summed E-state index contributed by atoms with van der Waals surface area (Å²) in [4.78, 5) is 12.0. The number of hydrogen-bond donors (Lipinski definition) is 1. The van der Waals surface area contributed by atoms with Gasteiger partial charge in [-0.05, 0) is 12.1 Å². The Balaban J connectivity index is 1.42. The van der Waals surface area contributed by atoms with E-state index in [-0.39, 0.29) is 12.6 Å². The van der Waals surface area contributed by atoms with Crippen LogP contribution in [0, 0.1) is 0 Å². The highest BCUT2D eigenvalue weighted by molar-refractivity contribution is 6.02. The minimum absolute atomic E-state index is 0.211. The fraction of sp³-hybridized carbons (Fsp3) is 0.267. The molecule has 0 saturated heterocycles. The Labute approximate surface area is 126 Å². The predicted octanol–water partition coefficient (Wildman–Crippen LogP) is 1.63. The zero-order chi connectivity index (χ0) is 15.2. The number of fused-ring (bicyclic) bond motifs is 1. The molecule has 0 aliphatic rings. The standard InChI is InChI=1S/C15H16N4O3/c20-15(13-4-1-3-12-11-16-18-14(12)13)22-10-9-21-8-7-19-6-2-5-17-19/h1-6,11H,7-10H2,(H,16,18). The van der Waals surface area contributed by atoms with E-state index in [4.69, 9.17) is 9.47 Å². The number of aromatic amines is 1. The van der Waals surface area contributed by atoms with Crippen LogP contribution in [-0.4, -0.2) is 45.8 Å². The molecule has 2 aromatic heterocycles. The van der Waals surface area contributed by atoms with E-state index >= 15 is 0 Å². The van der Waals surface area contributed by atoms with Crippen molar-refractivity contribution in [1.29, 1.82) is 0 Å². The van der Waals surface area contributed by atoms with Crippen molar-refractivity contribution in [2.24, 2.45) is 0 Å². The van der Waals surface area contributed by atoms with Crippen LogP contribution in [0.4, 0.5) is 0 Å². The number of benzene rings is 1. The Bertz CT molecular complexity index is 736. The van der Waals surface area contributed by atoms with E-state index in [1.54, 1.807) is 29.2 Å². The lowest BCUT2D eigenvalue weighted by Gasteiger charge is -2.07. The number of esters is 1. The number of hydrogen-bond acceptors (Lipinski definition) is 5. The lowest BCUT2D eigenvalue weighted by atomic mass is 10.1. The molecule has 2 heterocycles. The van der Waals surface area contributed by atoms with E-state index in [0.717, 1.165) is 5.39 Å². The van der Waals surface area contributed by atoms with E-state index in [1.165, 1.54) is 0 Å². The molecule has 0 atom stereocenters. The molecule has 0 amide bonds. The number of carbonyl (C=O) groups excluding carboxylic acids is 1. The van der Waals surface area contributed by atoms with Crippen LogP contribution >= 0.6 is 0 Å². The van der Waals surface area contributed by atoms with Gasteiger partial charge in [0, 0.05) is 17.8 Å². The van der Waals surface area contributed by atoms with Crippen molar-refractivity contribution in [2.45, 2.75) is 6.54 Å². The van der Waals surface area contributed by atoms with Crippen LogP contribution in [0.15, 0.2) is 42.9 Å². The van der Waals surface area contributed by atoms with Crippen LogP contribution in [0.5, 0.6) is 0 Å². The molecule has 0 bridgehead atoms. The Hall–Kier alpha value is -2.67. The highest BCUT2D eigenvalue weighted by Crippen LogP contribution is 2.16. The van der Waals surface area contributed by atoms with Gasteiger partial charge in [0.1, 0.15) is 6.61 Å². The van der Waals surface area contributed by atoms with Crippen molar-refractivity contribution in [3.63, 3.8) is 0 Å². The first-order valence-corrected chi connectivity index (χ1v) is 6.99. The van der Waals surface area contributed by atoms with Crippen molar-refractivity contribution in [2.75, 3.05) is 19.8 Å². The van der Waals surface area contributed by atoms with Gasteiger partial charge in [-0.15, -0.1) is 0 Å². The van der Waals surface area contributed by atoms with Crippen molar-refractivity contribution < 1.29 is 14.3 Å². The summed E-state index contributed by atoms with van der Waals surface area (Å²) in [5.74, 6) is -0.384. The fourth-order valence-electron chi connectivity index (χ4n) is 2.10. The molecule has 0 spiro atoms. The smallest absolute Gasteiger partial charge is 0.340 e. The lowest BCUT2D eigenvalue weighted by molar-refractivity contribution is 0.0305. The third-order valence-electron chi connectivity index (χ3n) is 3.18. The molecule has 7 nitrogen and oxygen atoms in total. The molecule has 3 aromatic rings. The van der Waals surface area contributed by atoms with Gasteiger partial charge in [0.05, 0.1) is 37.0 Å². The maximum Gasteiger partial charge on any atom is 0.340 e. The Morgan fingerprint density at radius 3 is 3.05 bits per heavy atom. The molecule has 0 aliphatic heterocycles. The predicted molar refractivity (Wildman–Crippen MR) is 79.4 cm³/mol. The maximum absolute atomic E-state index is 12.0. The maximum atomic E-state index is 12.0. The number of ether oxygens (including phenoxy) is 2. The molecule has 0 fully saturated rings. The van der Waals surface area contributed by atoms with Gasteiger partial charge in [-0.3, -0.25) is 9.78 Å². The largest absolute Gasteiger partial charge is 0.460 e. The Morgan fingerprint density at radius 2 is 2.18 bits per heavy atom. The molecule has 0 aliphatic carbocycles. The van der Waals surface area contributed by atoms with Gasteiger partial charge in [0.2, 0.25) is 0 Å². The first-order chi connectivity index (χ1) is 10.8. The summed E-state index contributed by atoms with van der Waals surface area (Å²) in [6, 6.07) is 7.25. The summed E-state index contributed by atoms with van der Waals surface area (Å²) in [7, 11) is 0. The SMILES string of the molecule is O=C(OCCOCCn1cccn1)c1cccc2cn[nH]c12. The van der Waals surface area contributed by atoms with Gasteiger partial charge in [0.15, 0.2) is 0 Å². The molecule has 114 valence electrons. The molecule has 0 saturated carbocycles. The van der Waals surface area contributed by atoms with Gasteiger partial charge in [0.25, 0.3) is 0 Å². The van der Waals surface area contributed by atoms with Gasteiger partial charge in [-0.2, -0.15) is 10.2 Å². The average molecular weight is 300 g/mol. The number of carbonyl (C=O) groups is 1. The monoisotopic (exact) mass is 300 g/mol. The summed E-state index contributed by atoms with van der Waals surface area (Å²) in [6.45, 7) is 1.76. The molecule has 0 radical (unpaired) electrons. The molecule has 22 heavy (non-hydrogen) atoms. The highest BCUT2D eigenvalue weighted by atomic mass is 16.6. The van der Waals surface area contributed by atoms with Crippen molar-refractivity contribution in [3.05, 3.63) is 48.4 Å². The van der Waals surface area contributed by atoms with Crippen LogP contribution in [0.2, 0.25) is 0 Å². The van der Waals surface area contributed by atoms with Crippen LogP contribution in [-0.2, 0) is 16.0 Å². The van der Waals surface area contributed by atoms with Crippen molar-refractivity contribution in [1.82, 2.24) is 20.0 Å². The number of aromatic nitrogens is 4. The normalized spacial score (nSPS) is 10.9. The zero-order valence-corrected chi connectivity index (χ0v) is 11.9. The minimum Gasteiger partial charge on any atom is -0.460 e. The highest BCUT2D eigenvalue weighted by Gasteiger charge is 2.12. The van der Waals surface area contributed by atoms with E-state index in [2.05, 4.69) is 15.3 Å². The second-order valence-corrected chi connectivity index (χ2v) is 4.66. The van der Waals surface area contributed by atoms with Crippen LogP contribution < -0.4 is 0 Å². The molecular formula is C15H16N4O3. The summed E-state index contributed by atoms with van der Waals surface area (Å²) >= 11 is 0. The van der Waals surface area contributed by atoms with E-state index < -0.39 is 0 Å². The Morgan fingerprint density at radius 1 is 1.23 bits per heavy atom. The first-order valence-electron chi connectivity index (χ1n) is 6.99. The second-order valence-electron chi connectivity index (χ2n) is 4.66. The van der Waals surface area contributed by atoms with Gasteiger partial charge in [-0.1, -0.05) is 12.1 Å². The number of nitrogens with one attached hydrogen (secondary N) is 1. The number of H-pyrrole nitrogens is 1. The van der Waals surface area contributed by atoms with E-state index in [1.807, 2.05) is 18.3 Å². The first kappa shape index (κ1) is 14.3. The molecule has 1 N–H and O–H groups in total. The van der Waals surface area contributed by atoms with Crippen LogP contribution in [0.3, 0.4) is 0 Å².